The maximum absolute atomic E-state index is 14.5. The predicted molar refractivity (Wildman–Crippen MR) is 90.1 cm³/mol. The van der Waals surface area contributed by atoms with E-state index in [1.165, 1.54) is 13.2 Å². The summed E-state index contributed by atoms with van der Waals surface area (Å²) in [6.45, 7) is 2.49. The average Bonchev–Trinajstić information content (AvgIpc) is 2.65. The molecule has 0 amide bonds. The van der Waals surface area contributed by atoms with Crippen LogP contribution in [0.4, 0.5) is 8.78 Å². The molecule has 0 radical (unpaired) electrons. The Hall–Kier alpha value is -1.53. The lowest BCUT2D eigenvalue weighted by atomic mass is 9.77. The van der Waals surface area contributed by atoms with Gasteiger partial charge in [0, 0.05) is 7.11 Å². The van der Waals surface area contributed by atoms with Crippen molar-refractivity contribution in [1.82, 2.24) is 0 Å². The van der Waals surface area contributed by atoms with Crippen LogP contribution in [0.2, 0.25) is 0 Å². The molecule has 1 saturated carbocycles. The first-order chi connectivity index (χ1) is 12.1. The summed E-state index contributed by atoms with van der Waals surface area (Å²) >= 11 is 0. The number of carbonyl (C=O) groups excluding carboxylic acids is 1. The largest absolute Gasteiger partial charge is 0.464 e. The summed E-state index contributed by atoms with van der Waals surface area (Å²) in [5, 5.41) is 0. The maximum Gasteiger partial charge on any atom is 0.201 e. The molecule has 0 unspecified atom stereocenters. The molecule has 4 nitrogen and oxygen atoms in total. The highest BCUT2D eigenvalue weighted by Crippen LogP contribution is 2.40. The van der Waals surface area contributed by atoms with Gasteiger partial charge >= 0.3 is 0 Å². The van der Waals surface area contributed by atoms with E-state index in [0.29, 0.717) is 18.8 Å². The van der Waals surface area contributed by atoms with Crippen molar-refractivity contribution in [2.45, 2.75) is 44.9 Å². The second-order valence-electron chi connectivity index (χ2n) is 6.42. The number of benzene rings is 1. The number of methoxy groups -OCH3 is 1. The van der Waals surface area contributed by atoms with Crippen molar-refractivity contribution in [3.05, 3.63) is 28.8 Å². The van der Waals surface area contributed by atoms with Gasteiger partial charge in [-0.25, -0.2) is 4.39 Å². The fourth-order valence-corrected chi connectivity index (χ4v) is 3.36. The summed E-state index contributed by atoms with van der Waals surface area (Å²) in [6, 6.07) is 1.42. The Labute approximate surface area is 147 Å². The van der Waals surface area contributed by atoms with Crippen molar-refractivity contribution in [3.8, 4) is 5.75 Å². The number of aldehydes is 1. The second kappa shape index (κ2) is 9.82. The fourth-order valence-electron chi connectivity index (χ4n) is 3.36. The van der Waals surface area contributed by atoms with Crippen LogP contribution in [0.25, 0.3) is 0 Å². The molecule has 2 rings (SSSR count). The minimum absolute atomic E-state index is 0.0156. The van der Waals surface area contributed by atoms with E-state index < -0.39 is 17.4 Å². The predicted octanol–water partition coefficient (Wildman–Crippen LogP) is 4.46. The van der Waals surface area contributed by atoms with E-state index in [-0.39, 0.29) is 30.4 Å². The number of hydrogen-bond acceptors (Lipinski definition) is 4. The van der Waals surface area contributed by atoms with Gasteiger partial charge in [0.05, 0.1) is 18.8 Å². The Bertz CT molecular complexity index is 569. The van der Waals surface area contributed by atoms with E-state index in [2.05, 4.69) is 6.92 Å². The Balaban J connectivity index is 2.13. The summed E-state index contributed by atoms with van der Waals surface area (Å²) < 4.78 is 44.0. The topological polar surface area (TPSA) is 44.8 Å². The number of rotatable bonds is 9. The van der Waals surface area contributed by atoms with Gasteiger partial charge in [0.25, 0.3) is 0 Å². The van der Waals surface area contributed by atoms with E-state index in [4.69, 9.17) is 14.2 Å². The Kier molecular flexibility index (Phi) is 7.78. The lowest BCUT2D eigenvalue weighted by Crippen LogP contribution is -2.16. The first-order valence-electron chi connectivity index (χ1n) is 8.78. The third-order valence-corrected chi connectivity index (χ3v) is 4.93. The highest BCUT2D eigenvalue weighted by molar-refractivity contribution is 5.80. The summed E-state index contributed by atoms with van der Waals surface area (Å²) in [5.41, 5.74) is 0.295. The number of carbonyl (C=O) groups is 1. The molecule has 1 aliphatic carbocycles. The third kappa shape index (κ3) is 4.98. The summed E-state index contributed by atoms with van der Waals surface area (Å²) in [7, 11) is 1.52. The van der Waals surface area contributed by atoms with Crippen molar-refractivity contribution in [1.29, 1.82) is 0 Å². The Morgan fingerprint density at radius 3 is 2.48 bits per heavy atom. The lowest BCUT2D eigenvalue weighted by molar-refractivity contribution is -0.0105. The summed E-state index contributed by atoms with van der Waals surface area (Å²) in [5.74, 6) is -1.83. The van der Waals surface area contributed by atoms with Crippen LogP contribution in [-0.2, 0) is 9.47 Å². The molecule has 0 atom stereocenters. The molecule has 0 saturated heterocycles. The van der Waals surface area contributed by atoms with Crippen LogP contribution in [0.5, 0.6) is 5.75 Å². The summed E-state index contributed by atoms with van der Waals surface area (Å²) in [6.07, 6.45) is 5.24. The van der Waals surface area contributed by atoms with Gasteiger partial charge in [0.2, 0.25) is 5.82 Å². The number of halogens is 2. The van der Waals surface area contributed by atoms with Gasteiger partial charge in [0.1, 0.15) is 0 Å². The summed E-state index contributed by atoms with van der Waals surface area (Å²) in [4.78, 5) is 11.3. The standard InChI is InChI=1S/C19H26F2O4/c1-3-13-4-6-14(7-5-13)16-10-15(11-22)19(18(21)17(16)20)25-12-24-9-8-23-2/h10-11,13-14H,3-9,12H2,1-2H3/t13-,14-. The highest BCUT2D eigenvalue weighted by atomic mass is 19.2. The molecule has 0 heterocycles. The van der Waals surface area contributed by atoms with E-state index in [1.54, 1.807) is 0 Å². The molecule has 140 valence electrons. The van der Waals surface area contributed by atoms with Gasteiger partial charge in [-0.2, -0.15) is 4.39 Å². The van der Waals surface area contributed by atoms with Crippen molar-refractivity contribution in [2.24, 2.45) is 5.92 Å². The van der Waals surface area contributed by atoms with Gasteiger partial charge in [-0.15, -0.1) is 0 Å². The fraction of sp³-hybridized carbons (Fsp3) is 0.632. The van der Waals surface area contributed by atoms with Crippen LogP contribution < -0.4 is 4.74 Å². The number of hydrogen-bond donors (Lipinski definition) is 0. The van der Waals surface area contributed by atoms with Crippen LogP contribution >= 0.6 is 0 Å². The SMILES string of the molecule is CC[C@H]1CC[C@H](c2cc(C=O)c(OCOCCOC)c(F)c2F)CC1. The molecule has 6 heteroatoms. The van der Waals surface area contributed by atoms with Gasteiger partial charge in [-0.1, -0.05) is 13.3 Å². The zero-order valence-corrected chi connectivity index (χ0v) is 14.9. The third-order valence-electron chi connectivity index (χ3n) is 4.93. The molecule has 0 N–H and O–H groups in total. The molecule has 0 bridgehead atoms. The van der Waals surface area contributed by atoms with Gasteiger partial charge in [-0.05, 0) is 49.1 Å². The average molecular weight is 356 g/mol. The Morgan fingerprint density at radius 1 is 1.16 bits per heavy atom. The van der Waals surface area contributed by atoms with Gasteiger partial charge in [0.15, 0.2) is 24.6 Å². The number of ether oxygens (including phenoxy) is 3. The molecule has 0 aromatic heterocycles. The van der Waals surface area contributed by atoms with E-state index in [0.717, 1.165) is 32.1 Å². The second-order valence-corrected chi connectivity index (χ2v) is 6.42. The molecule has 25 heavy (non-hydrogen) atoms. The van der Waals surface area contributed by atoms with Gasteiger partial charge < -0.3 is 14.2 Å². The molecular weight excluding hydrogens is 330 g/mol. The van der Waals surface area contributed by atoms with Crippen molar-refractivity contribution >= 4 is 6.29 Å². The first-order valence-corrected chi connectivity index (χ1v) is 8.78. The van der Waals surface area contributed by atoms with Crippen LogP contribution in [0.3, 0.4) is 0 Å². The van der Waals surface area contributed by atoms with Crippen molar-refractivity contribution in [2.75, 3.05) is 27.1 Å². The molecule has 1 aromatic carbocycles. The van der Waals surface area contributed by atoms with Crippen molar-refractivity contribution < 1.29 is 27.8 Å². The van der Waals surface area contributed by atoms with Crippen molar-refractivity contribution in [3.63, 3.8) is 0 Å². The quantitative estimate of drug-likeness (QED) is 0.372. The van der Waals surface area contributed by atoms with E-state index in [1.807, 2.05) is 0 Å². The molecule has 1 aromatic rings. The molecule has 0 aliphatic heterocycles. The monoisotopic (exact) mass is 356 g/mol. The molecule has 1 aliphatic rings. The normalized spacial score (nSPS) is 20.5. The zero-order valence-electron chi connectivity index (χ0n) is 14.9. The maximum atomic E-state index is 14.5. The Morgan fingerprint density at radius 2 is 1.88 bits per heavy atom. The molecular formula is C19H26F2O4. The van der Waals surface area contributed by atoms with Crippen LogP contribution in [0.1, 0.15) is 60.9 Å². The minimum atomic E-state index is -1.12. The molecule has 1 fully saturated rings. The smallest absolute Gasteiger partial charge is 0.201 e. The molecule has 0 spiro atoms. The van der Waals surface area contributed by atoms with E-state index >= 15 is 0 Å². The van der Waals surface area contributed by atoms with E-state index in [9.17, 15) is 13.6 Å². The zero-order chi connectivity index (χ0) is 18.2. The van der Waals surface area contributed by atoms with Crippen LogP contribution in [0.15, 0.2) is 6.07 Å². The van der Waals surface area contributed by atoms with Crippen LogP contribution in [0, 0.1) is 17.6 Å². The van der Waals surface area contributed by atoms with Gasteiger partial charge in [-0.3, -0.25) is 4.79 Å². The first kappa shape index (κ1) is 19.8. The highest BCUT2D eigenvalue weighted by Gasteiger charge is 2.28. The minimum Gasteiger partial charge on any atom is -0.464 e. The lowest BCUT2D eigenvalue weighted by Gasteiger charge is -2.28. The van der Waals surface area contributed by atoms with Crippen LogP contribution in [-0.4, -0.2) is 33.4 Å².